The highest BCUT2D eigenvalue weighted by atomic mass is 32.2. The molecule has 1 aliphatic heterocycles. The Kier molecular flexibility index (Phi) is 7.13. The van der Waals surface area contributed by atoms with Gasteiger partial charge in [0.05, 0.1) is 21.4 Å². The zero-order chi connectivity index (χ0) is 16.6. The third kappa shape index (κ3) is 5.58. The summed E-state index contributed by atoms with van der Waals surface area (Å²) >= 11 is 1.53. The first-order chi connectivity index (χ1) is 11.8. The molecule has 2 unspecified atom stereocenters. The lowest BCUT2D eigenvalue weighted by atomic mass is 10.2. The van der Waals surface area contributed by atoms with E-state index < -0.39 is 8.15 Å². The number of hydrogen-bond donors (Lipinski definition) is 1. The largest absolute Gasteiger partial charge is 0.376 e. The Hall–Kier alpha value is -0.900. The predicted octanol–water partition coefficient (Wildman–Crippen LogP) is 4.56. The van der Waals surface area contributed by atoms with Gasteiger partial charge in [-0.1, -0.05) is 60.7 Å². The molecule has 1 saturated heterocycles. The second-order valence-electron chi connectivity index (χ2n) is 6.07. The van der Waals surface area contributed by atoms with Crippen LogP contribution in [0.5, 0.6) is 0 Å². The SMILES string of the molecule is N[C@H]1CSOP(Cc2ccccc2)C(COCc2ccccc2)C1. The van der Waals surface area contributed by atoms with Crippen molar-refractivity contribution in [1.82, 2.24) is 0 Å². The first kappa shape index (κ1) is 17.9. The van der Waals surface area contributed by atoms with E-state index in [1.165, 1.54) is 23.2 Å². The molecule has 128 valence electrons. The van der Waals surface area contributed by atoms with Gasteiger partial charge in [-0.05, 0) is 29.6 Å². The van der Waals surface area contributed by atoms with Crippen molar-refractivity contribution in [3.63, 3.8) is 0 Å². The van der Waals surface area contributed by atoms with E-state index in [1.54, 1.807) is 0 Å². The average molecular weight is 361 g/mol. The summed E-state index contributed by atoms with van der Waals surface area (Å²) in [6.45, 7) is 1.36. The van der Waals surface area contributed by atoms with Gasteiger partial charge in [0.25, 0.3) is 0 Å². The zero-order valence-electron chi connectivity index (χ0n) is 13.7. The zero-order valence-corrected chi connectivity index (χ0v) is 15.4. The van der Waals surface area contributed by atoms with Crippen LogP contribution in [0.1, 0.15) is 17.5 Å². The average Bonchev–Trinajstić information content (AvgIpc) is 2.78. The maximum atomic E-state index is 6.22. The molecule has 0 spiro atoms. The van der Waals surface area contributed by atoms with E-state index in [9.17, 15) is 0 Å². The fraction of sp³-hybridized carbons (Fsp3) is 0.368. The third-order valence-electron chi connectivity index (χ3n) is 4.02. The van der Waals surface area contributed by atoms with Crippen molar-refractivity contribution in [2.45, 2.75) is 30.9 Å². The van der Waals surface area contributed by atoms with E-state index in [4.69, 9.17) is 14.4 Å². The lowest BCUT2D eigenvalue weighted by Crippen LogP contribution is -2.28. The van der Waals surface area contributed by atoms with Gasteiger partial charge in [-0.25, -0.2) is 0 Å². The maximum absolute atomic E-state index is 6.22. The summed E-state index contributed by atoms with van der Waals surface area (Å²) < 4.78 is 12.1. The van der Waals surface area contributed by atoms with Crippen molar-refractivity contribution in [3.8, 4) is 0 Å². The van der Waals surface area contributed by atoms with Crippen LogP contribution in [0, 0.1) is 0 Å². The van der Waals surface area contributed by atoms with Crippen LogP contribution in [0.4, 0.5) is 0 Å². The lowest BCUT2D eigenvalue weighted by molar-refractivity contribution is 0.118. The van der Waals surface area contributed by atoms with Crippen molar-refractivity contribution < 1.29 is 8.71 Å². The van der Waals surface area contributed by atoms with Gasteiger partial charge in [0.2, 0.25) is 0 Å². The molecule has 0 amide bonds. The van der Waals surface area contributed by atoms with Gasteiger partial charge in [0.1, 0.15) is 0 Å². The normalized spacial score (nSPS) is 24.5. The maximum Gasteiger partial charge on any atom is 0.0717 e. The van der Waals surface area contributed by atoms with Crippen LogP contribution < -0.4 is 5.73 Å². The number of ether oxygens (including phenoxy) is 1. The van der Waals surface area contributed by atoms with Gasteiger partial charge >= 0.3 is 0 Å². The molecule has 0 radical (unpaired) electrons. The Labute approximate surface area is 150 Å². The van der Waals surface area contributed by atoms with E-state index in [0.717, 1.165) is 18.3 Å². The summed E-state index contributed by atoms with van der Waals surface area (Å²) in [5, 5.41) is 0. The van der Waals surface area contributed by atoms with Crippen LogP contribution in [0.3, 0.4) is 0 Å². The Bertz CT molecular complexity index is 599. The summed E-state index contributed by atoms with van der Waals surface area (Å²) in [5.41, 5.74) is 9.13. The molecule has 24 heavy (non-hydrogen) atoms. The summed E-state index contributed by atoms with van der Waals surface area (Å²) in [6, 6.07) is 21.0. The summed E-state index contributed by atoms with van der Waals surface area (Å²) in [7, 11) is -0.587. The third-order valence-corrected chi connectivity index (χ3v) is 7.62. The molecule has 2 N–H and O–H groups in total. The minimum absolute atomic E-state index is 0.184. The molecule has 1 heterocycles. The first-order valence-corrected chi connectivity index (χ1v) is 10.7. The van der Waals surface area contributed by atoms with Gasteiger partial charge in [-0.3, -0.25) is 3.97 Å². The van der Waals surface area contributed by atoms with Crippen LogP contribution in [0.2, 0.25) is 0 Å². The Morgan fingerprint density at radius 2 is 1.71 bits per heavy atom. The minimum atomic E-state index is -0.587. The van der Waals surface area contributed by atoms with Crippen molar-refractivity contribution in [1.29, 1.82) is 0 Å². The van der Waals surface area contributed by atoms with Crippen molar-refractivity contribution in [2.75, 3.05) is 12.4 Å². The quantitative estimate of drug-likeness (QED) is 0.605. The number of nitrogens with two attached hydrogens (primary N) is 1. The van der Waals surface area contributed by atoms with Crippen LogP contribution in [0.15, 0.2) is 60.7 Å². The molecule has 2 aromatic rings. The van der Waals surface area contributed by atoms with Gasteiger partial charge in [-0.15, -0.1) is 0 Å². The minimum Gasteiger partial charge on any atom is -0.376 e. The molecule has 0 aliphatic carbocycles. The molecular weight excluding hydrogens is 337 g/mol. The number of benzene rings is 2. The molecule has 2 aromatic carbocycles. The van der Waals surface area contributed by atoms with Crippen molar-refractivity contribution in [3.05, 3.63) is 71.8 Å². The topological polar surface area (TPSA) is 44.5 Å². The van der Waals surface area contributed by atoms with Crippen LogP contribution in [-0.4, -0.2) is 24.1 Å². The van der Waals surface area contributed by atoms with Gasteiger partial charge in [0, 0.05) is 23.6 Å². The van der Waals surface area contributed by atoms with E-state index in [-0.39, 0.29) is 6.04 Å². The molecule has 3 nitrogen and oxygen atoms in total. The fourth-order valence-electron chi connectivity index (χ4n) is 2.74. The molecule has 5 heteroatoms. The summed E-state index contributed by atoms with van der Waals surface area (Å²) in [5.74, 6) is 0.864. The van der Waals surface area contributed by atoms with Crippen LogP contribution in [0.25, 0.3) is 0 Å². The lowest BCUT2D eigenvalue weighted by Gasteiger charge is -2.24. The smallest absolute Gasteiger partial charge is 0.0717 e. The Morgan fingerprint density at radius 3 is 2.42 bits per heavy atom. The van der Waals surface area contributed by atoms with Crippen molar-refractivity contribution >= 4 is 20.2 Å². The first-order valence-electron chi connectivity index (χ1n) is 8.28. The van der Waals surface area contributed by atoms with Gasteiger partial charge in [0.15, 0.2) is 0 Å². The molecular formula is C19H24NO2PS. The second kappa shape index (κ2) is 9.55. The highest BCUT2D eigenvalue weighted by Crippen LogP contribution is 2.52. The molecule has 1 fully saturated rings. The molecule has 3 rings (SSSR count). The highest BCUT2D eigenvalue weighted by molar-refractivity contribution is 7.98. The fourth-order valence-corrected chi connectivity index (χ4v) is 6.14. The number of rotatable bonds is 6. The Balaban J connectivity index is 1.59. The van der Waals surface area contributed by atoms with Gasteiger partial charge in [-0.2, -0.15) is 0 Å². The Morgan fingerprint density at radius 1 is 1.04 bits per heavy atom. The van der Waals surface area contributed by atoms with Crippen molar-refractivity contribution in [2.24, 2.45) is 5.73 Å². The molecule has 0 saturated carbocycles. The standard InChI is InChI=1S/C19H24NO2PS/c20-18-11-19(13-21-12-16-7-3-1-4-8-16)23(22-24-15-18)14-17-9-5-2-6-10-17/h1-10,18-19H,11-15,20H2/t18-,19?,23?/m1/s1. The summed E-state index contributed by atoms with van der Waals surface area (Å²) in [6.07, 6.45) is 1.94. The van der Waals surface area contributed by atoms with E-state index >= 15 is 0 Å². The summed E-state index contributed by atoms with van der Waals surface area (Å²) in [4.78, 5) is 0. The predicted molar refractivity (Wildman–Crippen MR) is 103 cm³/mol. The van der Waals surface area contributed by atoms with Gasteiger partial charge < -0.3 is 10.5 Å². The monoisotopic (exact) mass is 361 g/mol. The van der Waals surface area contributed by atoms with E-state index in [2.05, 4.69) is 42.5 Å². The molecule has 0 bridgehead atoms. The molecule has 0 aromatic heterocycles. The number of hydrogen-bond acceptors (Lipinski definition) is 4. The van der Waals surface area contributed by atoms with E-state index in [0.29, 0.717) is 18.9 Å². The molecule has 3 atom stereocenters. The second-order valence-corrected chi connectivity index (χ2v) is 9.12. The highest BCUT2D eigenvalue weighted by Gasteiger charge is 2.29. The molecule has 1 aliphatic rings. The van der Waals surface area contributed by atoms with Crippen LogP contribution >= 0.6 is 20.2 Å². The van der Waals surface area contributed by atoms with E-state index in [1.807, 2.05) is 18.2 Å². The van der Waals surface area contributed by atoms with Crippen LogP contribution in [-0.2, 0) is 21.5 Å².